The first-order valence-corrected chi connectivity index (χ1v) is 11.4. The summed E-state index contributed by atoms with van der Waals surface area (Å²) >= 11 is 0. The molecule has 35 heavy (non-hydrogen) atoms. The maximum absolute atomic E-state index is 15.8. The molecule has 2 fully saturated rings. The lowest BCUT2D eigenvalue weighted by atomic mass is 9.59. The van der Waals surface area contributed by atoms with Gasteiger partial charge in [-0.05, 0) is 31.6 Å². The summed E-state index contributed by atoms with van der Waals surface area (Å²) in [6.45, 7) is 0. The molecule has 0 spiro atoms. The molecular weight excluding hydrogens is 460 g/mol. The van der Waals surface area contributed by atoms with Crippen LogP contribution in [0.25, 0.3) is 34.0 Å². The molecule has 6 rings (SSSR count). The van der Waals surface area contributed by atoms with E-state index in [9.17, 15) is 14.3 Å². The van der Waals surface area contributed by atoms with Crippen LogP contribution in [0.3, 0.4) is 0 Å². The average molecular weight is 481 g/mol. The number of aromatic nitrogens is 6. The SMILES string of the molecule is O=C(O)C1C2CCCC1(Nc1nc(-c3c[nH]c4ncc(F)nc34)nc(-c3ccno3)c1F)CCC2. The fourth-order valence-corrected chi connectivity index (χ4v) is 5.79. The van der Waals surface area contributed by atoms with Gasteiger partial charge in [0, 0.05) is 12.3 Å². The van der Waals surface area contributed by atoms with Crippen molar-refractivity contribution in [2.24, 2.45) is 11.8 Å². The molecule has 3 N–H and O–H groups in total. The van der Waals surface area contributed by atoms with E-state index in [1.807, 2.05) is 0 Å². The summed E-state index contributed by atoms with van der Waals surface area (Å²) in [5.41, 5.74) is -0.182. The number of anilines is 1. The molecule has 0 saturated heterocycles. The van der Waals surface area contributed by atoms with Gasteiger partial charge in [-0.25, -0.2) is 24.3 Å². The predicted molar refractivity (Wildman–Crippen MR) is 119 cm³/mol. The Morgan fingerprint density at radius 2 is 2.00 bits per heavy atom. The molecule has 10 nitrogen and oxygen atoms in total. The van der Waals surface area contributed by atoms with Crippen molar-refractivity contribution in [3.8, 4) is 22.8 Å². The molecule has 2 bridgehead atoms. The molecule has 2 aliphatic carbocycles. The summed E-state index contributed by atoms with van der Waals surface area (Å²) in [4.78, 5) is 31.8. The lowest BCUT2D eigenvalue weighted by Crippen LogP contribution is -2.57. The third-order valence-electron chi connectivity index (χ3n) is 7.21. The van der Waals surface area contributed by atoms with E-state index in [1.165, 1.54) is 18.5 Å². The number of hydrogen-bond donors (Lipinski definition) is 3. The first-order valence-electron chi connectivity index (χ1n) is 11.4. The first kappa shape index (κ1) is 21.6. The molecule has 1 atom stereocenters. The van der Waals surface area contributed by atoms with Crippen molar-refractivity contribution in [1.29, 1.82) is 0 Å². The quantitative estimate of drug-likeness (QED) is 0.382. The van der Waals surface area contributed by atoms with Crippen LogP contribution in [0.5, 0.6) is 0 Å². The molecule has 0 aliphatic heterocycles. The zero-order chi connectivity index (χ0) is 24.2. The summed E-state index contributed by atoms with van der Waals surface area (Å²) in [6, 6.07) is 1.46. The molecule has 0 amide bonds. The number of rotatable bonds is 5. The van der Waals surface area contributed by atoms with Crippen LogP contribution < -0.4 is 5.32 Å². The Bertz CT molecular complexity index is 1410. The number of H-pyrrole nitrogens is 1. The minimum atomic E-state index is -0.894. The Balaban J connectivity index is 1.52. The van der Waals surface area contributed by atoms with Gasteiger partial charge in [0.1, 0.15) is 5.52 Å². The molecule has 12 heteroatoms. The summed E-state index contributed by atoms with van der Waals surface area (Å²) in [7, 11) is 0. The third kappa shape index (κ3) is 3.51. The molecule has 4 aromatic heterocycles. The number of nitrogens with one attached hydrogen (secondary N) is 2. The van der Waals surface area contributed by atoms with Gasteiger partial charge in [-0.2, -0.15) is 4.39 Å². The van der Waals surface area contributed by atoms with Crippen molar-refractivity contribution in [1.82, 2.24) is 30.1 Å². The second-order valence-corrected chi connectivity index (χ2v) is 9.17. The molecule has 180 valence electrons. The van der Waals surface area contributed by atoms with Crippen molar-refractivity contribution in [3.63, 3.8) is 0 Å². The standard InChI is InChI=1S/C23H21F2N7O3/c24-14-10-27-21-17(29-14)12(9-26-21)19-30-18(13-5-8-28-35-13)16(25)20(31-19)32-23-6-1-3-11(4-2-7-23)15(23)22(33)34/h5,8-11,15H,1-4,6-7H2,(H,26,27)(H,33,34)(H,30,31,32). The minimum absolute atomic E-state index is 0.0208. The molecular formula is C23H21F2N7O3. The topological polar surface area (TPSA) is 143 Å². The lowest BCUT2D eigenvalue weighted by Gasteiger charge is -2.50. The molecule has 4 aromatic rings. The van der Waals surface area contributed by atoms with E-state index in [0.29, 0.717) is 24.1 Å². The van der Waals surface area contributed by atoms with Gasteiger partial charge < -0.3 is 19.9 Å². The number of aromatic amines is 1. The van der Waals surface area contributed by atoms with Crippen LogP contribution in [-0.2, 0) is 4.79 Å². The first-order chi connectivity index (χ1) is 16.9. The molecule has 2 aliphatic rings. The van der Waals surface area contributed by atoms with Gasteiger partial charge >= 0.3 is 5.97 Å². The number of carboxylic acids is 1. The van der Waals surface area contributed by atoms with E-state index in [1.54, 1.807) is 0 Å². The maximum atomic E-state index is 15.8. The number of carboxylic acid groups (broad SMARTS) is 1. The van der Waals surface area contributed by atoms with Gasteiger partial charge in [0.15, 0.2) is 34.6 Å². The zero-order valence-electron chi connectivity index (χ0n) is 18.5. The van der Waals surface area contributed by atoms with Gasteiger partial charge in [0.05, 0.1) is 29.4 Å². The number of hydrogen-bond acceptors (Lipinski definition) is 8. The summed E-state index contributed by atoms with van der Waals surface area (Å²) in [6.07, 6.45) is 8.38. The van der Waals surface area contributed by atoms with Crippen LogP contribution in [0.4, 0.5) is 14.6 Å². The van der Waals surface area contributed by atoms with Gasteiger partial charge in [-0.3, -0.25) is 4.79 Å². The highest BCUT2D eigenvalue weighted by molar-refractivity contribution is 5.88. The monoisotopic (exact) mass is 481 g/mol. The lowest BCUT2D eigenvalue weighted by molar-refractivity contribution is -0.149. The van der Waals surface area contributed by atoms with Crippen LogP contribution in [0.2, 0.25) is 0 Å². The van der Waals surface area contributed by atoms with Gasteiger partial charge in [0.25, 0.3) is 0 Å². The van der Waals surface area contributed by atoms with Crippen molar-refractivity contribution in [2.75, 3.05) is 5.32 Å². The molecule has 2 saturated carbocycles. The second-order valence-electron chi connectivity index (χ2n) is 9.17. The average Bonchev–Trinajstić information content (AvgIpc) is 3.50. The number of carbonyl (C=O) groups is 1. The highest BCUT2D eigenvalue weighted by Gasteiger charge is 2.52. The van der Waals surface area contributed by atoms with Crippen LogP contribution in [0, 0.1) is 23.6 Å². The third-order valence-corrected chi connectivity index (χ3v) is 7.21. The maximum Gasteiger partial charge on any atom is 0.309 e. The van der Waals surface area contributed by atoms with E-state index >= 15 is 4.39 Å². The Morgan fingerprint density at radius 1 is 1.20 bits per heavy atom. The van der Waals surface area contributed by atoms with Crippen molar-refractivity contribution >= 4 is 23.0 Å². The van der Waals surface area contributed by atoms with E-state index < -0.39 is 29.2 Å². The van der Waals surface area contributed by atoms with Crippen molar-refractivity contribution in [3.05, 3.63) is 36.4 Å². The number of halogens is 2. The summed E-state index contributed by atoms with van der Waals surface area (Å²) in [5.74, 6) is -3.12. The van der Waals surface area contributed by atoms with Crippen molar-refractivity contribution in [2.45, 2.75) is 44.1 Å². The second kappa shape index (κ2) is 8.07. The van der Waals surface area contributed by atoms with E-state index in [-0.39, 0.29) is 34.5 Å². The molecule has 0 aromatic carbocycles. The Kier molecular flexibility index (Phi) is 4.97. The number of fused-ring (bicyclic) bond motifs is 3. The molecule has 0 radical (unpaired) electrons. The van der Waals surface area contributed by atoms with E-state index in [0.717, 1.165) is 31.9 Å². The van der Waals surface area contributed by atoms with Gasteiger partial charge in [-0.15, -0.1) is 0 Å². The van der Waals surface area contributed by atoms with Gasteiger partial charge in [-0.1, -0.05) is 18.0 Å². The molecule has 1 unspecified atom stereocenters. The van der Waals surface area contributed by atoms with E-state index in [4.69, 9.17) is 4.52 Å². The Morgan fingerprint density at radius 3 is 2.71 bits per heavy atom. The summed E-state index contributed by atoms with van der Waals surface area (Å²) in [5, 5.41) is 16.9. The van der Waals surface area contributed by atoms with Crippen LogP contribution in [0.15, 0.2) is 29.2 Å². The van der Waals surface area contributed by atoms with Crippen LogP contribution in [0.1, 0.15) is 38.5 Å². The fourth-order valence-electron chi connectivity index (χ4n) is 5.79. The fraction of sp³-hybridized carbons (Fsp3) is 0.391. The van der Waals surface area contributed by atoms with Gasteiger partial charge in [0.2, 0.25) is 5.95 Å². The van der Waals surface area contributed by atoms with Crippen LogP contribution >= 0.6 is 0 Å². The largest absolute Gasteiger partial charge is 0.481 e. The van der Waals surface area contributed by atoms with E-state index in [2.05, 4.69) is 35.4 Å². The Hall–Kier alpha value is -3.96. The highest BCUT2D eigenvalue weighted by atomic mass is 19.1. The Labute approximate surface area is 197 Å². The number of aliphatic carboxylic acids is 1. The number of nitrogens with zero attached hydrogens (tertiary/aromatic N) is 5. The zero-order valence-corrected chi connectivity index (χ0v) is 18.5. The minimum Gasteiger partial charge on any atom is -0.481 e. The van der Waals surface area contributed by atoms with Crippen LogP contribution in [-0.4, -0.2) is 46.7 Å². The highest BCUT2D eigenvalue weighted by Crippen LogP contribution is 2.49. The summed E-state index contributed by atoms with van der Waals surface area (Å²) < 4.78 is 34.8. The predicted octanol–water partition coefficient (Wildman–Crippen LogP) is 4.18. The molecule has 4 heterocycles. The smallest absolute Gasteiger partial charge is 0.309 e. The normalized spacial score (nSPS) is 23.9. The van der Waals surface area contributed by atoms with Crippen molar-refractivity contribution < 1.29 is 23.2 Å².